The summed E-state index contributed by atoms with van der Waals surface area (Å²) in [5.74, 6) is 0. The molecule has 0 amide bonds. The Hall–Kier alpha value is -2.98. The van der Waals surface area contributed by atoms with Gasteiger partial charge in [0.05, 0.1) is 18.0 Å². The van der Waals surface area contributed by atoms with Gasteiger partial charge in [0.15, 0.2) is 5.65 Å². The molecule has 0 radical (unpaired) electrons. The number of ether oxygens (including phenoxy) is 1. The first-order chi connectivity index (χ1) is 12.1. The summed E-state index contributed by atoms with van der Waals surface area (Å²) in [6.45, 7) is 2.84. The maximum atomic E-state index is 12.9. The van der Waals surface area contributed by atoms with E-state index in [2.05, 4.69) is 4.98 Å². The van der Waals surface area contributed by atoms with Gasteiger partial charge in [0.25, 0.3) is 11.1 Å². The number of aryl methyl sites for hydroxylation is 1. The van der Waals surface area contributed by atoms with Crippen molar-refractivity contribution in [2.45, 2.75) is 32.4 Å². The summed E-state index contributed by atoms with van der Waals surface area (Å²) >= 11 is 0. The van der Waals surface area contributed by atoms with Crippen LogP contribution in [0.25, 0.3) is 16.7 Å². The molecule has 0 bridgehead atoms. The monoisotopic (exact) mass is 336 g/mol. The fraction of sp³-hybridized carbons (Fsp3) is 0.333. The van der Waals surface area contributed by atoms with Crippen molar-refractivity contribution in [2.24, 2.45) is 0 Å². The number of aromatic nitrogens is 3. The first-order valence-corrected chi connectivity index (χ1v) is 8.17. The molecule has 1 aliphatic heterocycles. The Balaban J connectivity index is 2.07. The number of pyridine rings is 2. The highest BCUT2D eigenvalue weighted by Gasteiger charge is 2.21. The van der Waals surface area contributed by atoms with Crippen molar-refractivity contribution in [2.75, 3.05) is 6.61 Å². The molecule has 126 valence electrons. The van der Waals surface area contributed by atoms with Crippen molar-refractivity contribution in [3.05, 3.63) is 56.2 Å². The van der Waals surface area contributed by atoms with Crippen molar-refractivity contribution < 1.29 is 4.74 Å². The van der Waals surface area contributed by atoms with Crippen molar-refractivity contribution >= 4 is 16.7 Å². The molecule has 3 aromatic heterocycles. The molecule has 1 saturated heterocycles. The second-order valence-corrected chi connectivity index (χ2v) is 6.31. The molecule has 0 N–H and O–H groups in total. The van der Waals surface area contributed by atoms with Crippen LogP contribution in [0.4, 0.5) is 0 Å². The zero-order chi connectivity index (χ0) is 17.6. The van der Waals surface area contributed by atoms with Gasteiger partial charge in [-0.1, -0.05) is 6.07 Å². The van der Waals surface area contributed by atoms with Crippen molar-refractivity contribution in [1.82, 2.24) is 14.0 Å². The lowest BCUT2D eigenvalue weighted by Gasteiger charge is -2.15. The minimum atomic E-state index is -0.436. The maximum Gasteiger partial charge on any atom is 0.270 e. The summed E-state index contributed by atoms with van der Waals surface area (Å²) in [4.78, 5) is 30.0. The molecule has 0 aliphatic carbocycles. The molecule has 0 saturated carbocycles. The average molecular weight is 336 g/mol. The van der Waals surface area contributed by atoms with E-state index < -0.39 is 5.56 Å². The minimum Gasteiger partial charge on any atom is -0.376 e. The third-order valence-corrected chi connectivity index (χ3v) is 4.54. The highest BCUT2D eigenvalue weighted by Crippen LogP contribution is 2.16. The highest BCUT2D eigenvalue weighted by atomic mass is 16.5. The highest BCUT2D eigenvalue weighted by molar-refractivity contribution is 5.77. The summed E-state index contributed by atoms with van der Waals surface area (Å²) in [5, 5.41) is 9.55. The molecule has 3 aromatic rings. The second-order valence-electron chi connectivity index (χ2n) is 6.31. The van der Waals surface area contributed by atoms with Gasteiger partial charge in [-0.2, -0.15) is 5.26 Å². The van der Waals surface area contributed by atoms with Crippen LogP contribution in [0.5, 0.6) is 0 Å². The predicted molar refractivity (Wildman–Crippen MR) is 91.7 cm³/mol. The number of nitriles is 1. The molecular weight excluding hydrogens is 320 g/mol. The van der Waals surface area contributed by atoms with E-state index in [0.717, 1.165) is 18.4 Å². The van der Waals surface area contributed by atoms with E-state index in [-0.39, 0.29) is 22.6 Å². The van der Waals surface area contributed by atoms with E-state index in [1.54, 1.807) is 12.3 Å². The van der Waals surface area contributed by atoms with Crippen LogP contribution >= 0.6 is 0 Å². The van der Waals surface area contributed by atoms with Crippen molar-refractivity contribution in [3.8, 4) is 6.07 Å². The van der Waals surface area contributed by atoms with Crippen LogP contribution in [0.1, 0.15) is 24.0 Å². The smallest absolute Gasteiger partial charge is 0.270 e. The lowest BCUT2D eigenvalue weighted by Crippen LogP contribution is -2.31. The first kappa shape index (κ1) is 15.5. The Labute approximate surface area is 142 Å². The van der Waals surface area contributed by atoms with E-state index in [9.17, 15) is 14.9 Å². The molecule has 1 atom stereocenters. The van der Waals surface area contributed by atoms with Gasteiger partial charge in [0.1, 0.15) is 17.3 Å². The normalized spacial score (nSPS) is 17.2. The Kier molecular flexibility index (Phi) is 3.62. The molecule has 0 aromatic carbocycles. The van der Waals surface area contributed by atoms with Gasteiger partial charge >= 0.3 is 0 Å². The van der Waals surface area contributed by atoms with Crippen LogP contribution in [-0.2, 0) is 11.3 Å². The SMILES string of the molecule is Cc1ccc2nc3c(cc(C#N)c(=O)n3C[C@@H]3CCCO3)c(=O)n2c1. The molecule has 7 nitrogen and oxygen atoms in total. The number of rotatable bonds is 2. The Morgan fingerprint density at radius 2 is 2.20 bits per heavy atom. The van der Waals surface area contributed by atoms with Gasteiger partial charge in [0.2, 0.25) is 0 Å². The molecule has 0 spiro atoms. The summed E-state index contributed by atoms with van der Waals surface area (Å²) in [6, 6.07) is 6.84. The quantitative estimate of drug-likeness (QED) is 0.659. The zero-order valence-electron chi connectivity index (χ0n) is 13.7. The van der Waals surface area contributed by atoms with Crippen LogP contribution in [0, 0.1) is 18.3 Å². The molecule has 0 unspecified atom stereocenters. The van der Waals surface area contributed by atoms with E-state index in [1.165, 1.54) is 15.0 Å². The standard InChI is InChI=1S/C18H16N4O3/c1-11-4-5-15-20-16-14(18(24)21(15)9-11)7-12(8-19)17(23)22(16)10-13-3-2-6-25-13/h4-5,7,9,13H,2-3,6,10H2,1H3/t13-/m0/s1. The number of hydrogen-bond acceptors (Lipinski definition) is 5. The lowest BCUT2D eigenvalue weighted by molar-refractivity contribution is 0.0971. The molecule has 1 aliphatic rings. The van der Waals surface area contributed by atoms with Gasteiger partial charge in [-0.25, -0.2) is 4.98 Å². The van der Waals surface area contributed by atoms with Crippen LogP contribution in [0.2, 0.25) is 0 Å². The number of nitrogens with zero attached hydrogens (tertiary/aromatic N) is 4. The van der Waals surface area contributed by atoms with E-state index in [4.69, 9.17) is 4.74 Å². The summed E-state index contributed by atoms with van der Waals surface area (Å²) in [7, 11) is 0. The van der Waals surface area contributed by atoms with Gasteiger partial charge < -0.3 is 4.74 Å². The Morgan fingerprint density at radius 1 is 1.36 bits per heavy atom. The fourth-order valence-electron chi connectivity index (χ4n) is 3.27. The van der Waals surface area contributed by atoms with Gasteiger partial charge in [0, 0.05) is 12.8 Å². The third kappa shape index (κ3) is 2.51. The average Bonchev–Trinajstić information content (AvgIpc) is 3.11. The van der Waals surface area contributed by atoms with E-state index in [0.29, 0.717) is 24.4 Å². The minimum absolute atomic E-state index is 0.0583. The van der Waals surface area contributed by atoms with Crippen molar-refractivity contribution in [1.29, 1.82) is 5.26 Å². The van der Waals surface area contributed by atoms with Crippen LogP contribution in [0.15, 0.2) is 34.0 Å². The maximum absolute atomic E-state index is 12.9. The Bertz CT molecular complexity index is 1150. The van der Waals surface area contributed by atoms with Gasteiger partial charge in [-0.15, -0.1) is 0 Å². The summed E-state index contributed by atoms with van der Waals surface area (Å²) in [6.07, 6.45) is 3.38. The van der Waals surface area contributed by atoms with E-state index >= 15 is 0 Å². The molecule has 4 rings (SSSR count). The molecule has 7 heteroatoms. The second kappa shape index (κ2) is 5.83. The topological polar surface area (TPSA) is 89.4 Å². The van der Waals surface area contributed by atoms with Crippen LogP contribution in [0.3, 0.4) is 0 Å². The number of hydrogen-bond donors (Lipinski definition) is 0. The molecule has 1 fully saturated rings. The lowest BCUT2D eigenvalue weighted by atomic mass is 10.2. The number of fused-ring (bicyclic) bond motifs is 2. The van der Waals surface area contributed by atoms with Crippen LogP contribution < -0.4 is 11.1 Å². The Morgan fingerprint density at radius 3 is 2.92 bits per heavy atom. The van der Waals surface area contributed by atoms with Crippen LogP contribution in [-0.4, -0.2) is 26.7 Å². The first-order valence-electron chi connectivity index (χ1n) is 8.17. The molecular formula is C18H16N4O3. The van der Waals surface area contributed by atoms with Gasteiger partial charge in [-0.3, -0.25) is 18.6 Å². The summed E-state index contributed by atoms with van der Waals surface area (Å²) in [5.41, 5.74) is 0.901. The zero-order valence-corrected chi connectivity index (χ0v) is 13.7. The largest absolute Gasteiger partial charge is 0.376 e. The summed E-state index contributed by atoms with van der Waals surface area (Å²) < 4.78 is 8.47. The van der Waals surface area contributed by atoms with E-state index in [1.807, 2.05) is 19.1 Å². The fourth-order valence-corrected chi connectivity index (χ4v) is 3.27. The predicted octanol–water partition coefficient (Wildman–Crippen LogP) is 1.37. The third-order valence-electron chi connectivity index (χ3n) is 4.54. The molecule has 4 heterocycles. The van der Waals surface area contributed by atoms with Gasteiger partial charge in [-0.05, 0) is 37.5 Å². The molecule has 25 heavy (non-hydrogen) atoms. The van der Waals surface area contributed by atoms with Crippen molar-refractivity contribution in [3.63, 3.8) is 0 Å².